The first-order valence-corrected chi connectivity index (χ1v) is 6.80. The molecule has 0 nitrogen and oxygen atoms in total. The van der Waals surface area contributed by atoms with Crippen molar-refractivity contribution in [2.45, 2.75) is 6.92 Å². The lowest BCUT2D eigenvalue weighted by molar-refractivity contribution is 1.48. The molecule has 0 aromatic rings. The first-order valence-electron chi connectivity index (χ1n) is 2.37. The third-order valence-electron chi connectivity index (χ3n) is 1.01. The molecule has 0 heterocycles. The lowest BCUT2D eigenvalue weighted by Gasteiger charge is -2.10. The van der Waals surface area contributed by atoms with E-state index in [1.165, 1.54) is 0 Å². The van der Waals surface area contributed by atoms with E-state index < -0.39 is 6.04 Å². The first-order chi connectivity index (χ1) is 3.68. The van der Waals surface area contributed by atoms with E-state index in [-0.39, 0.29) is 0 Å². The number of rotatable bonds is 3. The summed E-state index contributed by atoms with van der Waals surface area (Å²) in [7, 11) is 0. The van der Waals surface area contributed by atoms with Crippen molar-refractivity contribution in [1.82, 2.24) is 0 Å². The molecule has 0 aliphatic heterocycles. The van der Waals surface area contributed by atoms with Crippen LogP contribution in [-0.2, 0) is 11.8 Å². The summed E-state index contributed by atoms with van der Waals surface area (Å²) in [6.07, 6.45) is 0.981. The van der Waals surface area contributed by atoms with Crippen LogP contribution in [0, 0.1) is 0 Å². The summed E-state index contributed by atoms with van der Waals surface area (Å²) in [5.41, 5.74) is 1.17. The van der Waals surface area contributed by atoms with Gasteiger partial charge in [-0.2, -0.15) is 0 Å². The van der Waals surface area contributed by atoms with Crippen LogP contribution in [0.5, 0.6) is 0 Å². The van der Waals surface area contributed by atoms with Crippen molar-refractivity contribution in [2.75, 3.05) is 17.4 Å². The predicted molar refractivity (Wildman–Crippen MR) is 46.3 cm³/mol. The number of alkyl halides is 2. The summed E-state index contributed by atoms with van der Waals surface area (Å²) in [6.45, 7) is 2.05. The number of halogens is 2. The summed E-state index contributed by atoms with van der Waals surface area (Å²) < 4.78 is 0. The minimum Gasteiger partial charge on any atom is -0.121 e. The van der Waals surface area contributed by atoms with Gasteiger partial charge in [-0.05, 0) is 12.2 Å². The SMILES string of the molecule is CCP(=S)(CCl)CCl. The second-order valence-corrected chi connectivity index (χ2v) is 8.60. The van der Waals surface area contributed by atoms with E-state index in [2.05, 4.69) is 0 Å². The highest BCUT2D eigenvalue weighted by Crippen LogP contribution is 2.47. The Labute approximate surface area is 65.6 Å². The van der Waals surface area contributed by atoms with Gasteiger partial charge in [-0.25, -0.2) is 0 Å². The Balaban J connectivity index is 3.79. The molecule has 0 aliphatic rings. The second-order valence-electron chi connectivity index (χ2n) is 1.61. The van der Waals surface area contributed by atoms with E-state index in [9.17, 15) is 0 Å². The van der Waals surface area contributed by atoms with E-state index >= 15 is 0 Å². The summed E-state index contributed by atoms with van der Waals surface area (Å²) >= 11 is 16.3. The molecule has 0 amide bonds. The molecule has 0 aromatic carbocycles. The maximum atomic E-state index is 5.57. The van der Waals surface area contributed by atoms with Crippen molar-refractivity contribution in [2.24, 2.45) is 0 Å². The van der Waals surface area contributed by atoms with E-state index in [0.717, 1.165) is 6.16 Å². The van der Waals surface area contributed by atoms with Gasteiger partial charge in [0.1, 0.15) is 0 Å². The Morgan fingerprint density at radius 3 is 1.75 bits per heavy atom. The van der Waals surface area contributed by atoms with Crippen LogP contribution in [0.25, 0.3) is 0 Å². The molecule has 0 bridgehead atoms. The first kappa shape index (κ1) is 9.23. The predicted octanol–water partition coefficient (Wildman–Crippen LogP) is 2.88. The highest BCUT2D eigenvalue weighted by Gasteiger charge is 2.09. The van der Waals surface area contributed by atoms with Gasteiger partial charge in [0, 0.05) is 0 Å². The molecule has 0 unspecified atom stereocenters. The molecule has 50 valence electrons. The quantitative estimate of drug-likeness (QED) is 0.488. The summed E-state index contributed by atoms with van der Waals surface area (Å²) in [5.74, 6) is 0. The fourth-order valence-corrected chi connectivity index (χ4v) is 2.38. The fraction of sp³-hybridized carbons (Fsp3) is 1.00. The van der Waals surface area contributed by atoms with Gasteiger partial charge in [0.05, 0.1) is 11.2 Å². The summed E-state index contributed by atoms with van der Waals surface area (Å²) in [6, 6.07) is -1.30. The van der Waals surface area contributed by atoms with Crippen LogP contribution >= 0.6 is 29.2 Å². The topological polar surface area (TPSA) is 0 Å². The Bertz CT molecular complexity index is 85.2. The second kappa shape index (κ2) is 4.11. The standard InChI is InChI=1S/C4H9Cl2PS/c1-2-7(8,3-5)4-6/h2-4H2,1H3. The molecule has 0 rings (SSSR count). The average molecular weight is 191 g/mol. The highest BCUT2D eigenvalue weighted by atomic mass is 35.5. The van der Waals surface area contributed by atoms with E-state index in [1.54, 1.807) is 0 Å². The molecule has 8 heavy (non-hydrogen) atoms. The molecule has 0 saturated carbocycles. The molecule has 0 spiro atoms. The lowest BCUT2D eigenvalue weighted by atomic mass is 11.0. The molecule has 0 N–H and O–H groups in total. The number of hydrogen-bond donors (Lipinski definition) is 0. The van der Waals surface area contributed by atoms with Gasteiger partial charge in [-0.15, -0.1) is 23.2 Å². The monoisotopic (exact) mass is 190 g/mol. The van der Waals surface area contributed by atoms with Crippen LogP contribution in [0.2, 0.25) is 0 Å². The van der Waals surface area contributed by atoms with E-state index in [1.807, 2.05) is 6.92 Å². The minimum absolute atomic E-state index is 0.586. The molecule has 4 heteroatoms. The van der Waals surface area contributed by atoms with Crippen molar-refractivity contribution in [1.29, 1.82) is 0 Å². The summed E-state index contributed by atoms with van der Waals surface area (Å²) in [5, 5.41) is 0. The summed E-state index contributed by atoms with van der Waals surface area (Å²) in [4.78, 5) is 0. The normalized spacial score (nSPS) is 11.9. The van der Waals surface area contributed by atoms with Gasteiger partial charge in [-0.3, -0.25) is 0 Å². The molecule has 0 aromatic heterocycles. The molecular weight excluding hydrogens is 182 g/mol. The maximum Gasteiger partial charge on any atom is 0.0526 e. The Kier molecular flexibility index (Phi) is 4.74. The van der Waals surface area contributed by atoms with E-state index in [4.69, 9.17) is 35.0 Å². The Morgan fingerprint density at radius 2 is 1.75 bits per heavy atom. The lowest BCUT2D eigenvalue weighted by Crippen LogP contribution is -1.86. The van der Waals surface area contributed by atoms with Crippen molar-refractivity contribution in [3.8, 4) is 0 Å². The van der Waals surface area contributed by atoms with Gasteiger partial charge in [0.15, 0.2) is 0 Å². The van der Waals surface area contributed by atoms with Gasteiger partial charge in [0.25, 0.3) is 0 Å². The van der Waals surface area contributed by atoms with Gasteiger partial charge >= 0.3 is 0 Å². The largest absolute Gasteiger partial charge is 0.121 e. The highest BCUT2D eigenvalue weighted by molar-refractivity contribution is 8.15. The Morgan fingerprint density at radius 1 is 1.38 bits per heavy atom. The van der Waals surface area contributed by atoms with E-state index in [0.29, 0.717) is 11.2 Å². The van der Waals surface area contributed by atoms with Crippen molar-refractivity contribution in [3.63, 3.8) is 0 Å². The van der Waals surface area contributed by atoms with Crippen LogP contribution in [-0.4, -0.2) is 17.4 Å². The van der Waals surface area contributed by atoms with Crippen LogP contribution in [0.4, 0.5) is 0 Å². The smallest absolute Gasteiger partial charge is 0.0526 e. The van der Waals surface area contributed by atoms with Crippen LogP contribution in [0.1, 0.15) is 6.92 Å². The Hall–Kier alpha value is 1.23. The number of hydrogen-bond acceptors (Lipinski definition) is 1. The van der Waals surface area contributed by atoms with Gasteiger partial charge in [-0.1, -0.05) is 18.7 Å². The van der Waals surface area contributed by atoms with Gasteiger partial charge in [0.2, 0.25) is 0 Å². The van der Waals surface area contributed by atoms with Gasteiger partial charge < -0.3 is 0 Å². The molecular formula is C4H9Cl2PS. The average Bonchev–Trinajstić information content (AvgIpc) is 1.87. The zero-order valence-electron chi connectivity index (χ0n) is 4.73. The van der Waals surface area contributed by atoms with Crippen LogP contribution < -0.4 is 0 Å². The zero-order valence-corrected chi connectivity index (χ0v) is 7.96. The molecule has 0 saturated heterocycles. The molecule has 0 radical (unpaired) electrons. The maximum absolute atomic E-state index is 5.57. The van der Waals surface area contributed by atoms with Crippen molar-refractivity contribution >= 4 is 41.0 Å². The fourth-order valence-electron chi connectivity index (χ4n) is 0.201. The molecule has 0 fully saturated rings. The molecule has 0 aliphatic carbocycles. The minimum atomic E-state index is -1.30. The van der Waals surface area contributed by atoms with Crippen LogP contribution in [0.15, 0.2) is 0 Å². The van der Waals surface area contributed by atoms with Crippen LogP contribution in [0.3, 0.4) is 0 Å². The third-order valence-corrected chi connectivity index (χ3v) is 8.18. The van der Waals surface area contributed by atoms with Crippen molar-refractivity contribution < 1.29 is 0 Å². The third kappa shape index (κ3) is 2.68. The molecule has 0 atom stereocenters. The zero-order chi connectivity index (χ0) is 6.62. The van der Waals surface area contributed by atoms with Crippen molar-refractivity contribution in [3.05, 3.63) is 0 Å².